The minimum atomic E-state index is -4.67. The third-order valence-electron chi connectivity index (χ3n) is 11.1. The number of imidazole rings is 1. The first-order valence-corrected chi connectivity index (χ1v) is 21.0. The lowest BCUT2D eigenvalue weighted by molar-refractivity contribution is 0.0777. The van der Waals surface area contributed by atoms with Crippen molar-refractivity contribution < 1.29 is 45.7 Å². The number of benzene rings is 4. The van der Waals surface area contributed by atoms with Gasteiger partial charge < -0.3 is 28.6 Å². The summed E-state index contributed by atoms with van der Waals surface area (Å²) in [6.45, 7) is 3.80. The summed E-state index contributed by atoms with van der Waals surface area (Å²) in [4.78, 5) is 37.2. The summed E-state index contributed by atoms with van der Waals surface area (Å²) < 4.78 is 63.7. The van der Waals surface area contributed by atoms with Crippen LogP contribution in [0.15, 0.2) is 78.9 Å². The average Bonchev–Trinajstić information content (AvgIpc) is 3.83. The molecule has 0 aliphatic carbocycles. The molecule has 314 valence electrons. The molecule has 5 aromatic rings. The van der Waals surface area contributed by atoms with Gasteiger partial charge in [0.1, 0.15) is 5.82 Å². The minimum Gasteiger partial charge on any atom is -0.493 e. The smallest absolute Gasteiger partial charge is 0.394 e. The van der Waals surface area contributed by atoms with E-state index < -0.39 is 10.4 Å². The predicted molar refractivity (Wildman–Crippen MR) is 222 cm³/mol. The first kappa shape index (κ1) is 43.8. The molecule has 2 aliphatic heterocycles. The molecule has 1 unspecified atom stereocenters. The zero-order chi connectivity index (χ0) is 42.5. The number of fused-ring (bicyclic) bond motifs is 1. The number of carbonyl (C=O) groups is 2. The molecule has 1 aromatic heterocycles. The van der Waals surface area contributed by atoms with Crippen molar-refractivity contribution in [2.75, 3.05) is 54.1 Å². The Kier molecular flexibility index (Phi) is 13.8. The molecule has 3 heterocycles. The van der Waals surface area contributed by atoms with Crippen LogP contribution in [-0.2, 0) is 22.4 Å². The van der Waals surface area contributed by atoms with Gasteiger partial charge in [-0.2, -0.15) is 8.42 Å². The van der Waals surface area contributed by atoms with Gasteiger partial charge in [0.15, 0.2) is 17.3 Å². The zero-order valence-corrected chi connectivity index (χ0v) is 35.1. The number of likely N-dealkylation sites (tertiary alicyclic amines) is 2. The molecule has 17 heteroatoms. The number of hydrogen-bond acceptors (Lipinski definition) is 9. The Labute approximate surface area is 352 Å². The third kappa shape index (κ3) is 10.3. The summed E-state index contributed by atoms with van der Waals surface area (Å²) in [6.07, 6.45) is 2.96. The van der Waals surface area contributed by atoms with Gasteiger partial charge in [0, 0.05) is 36.5 Å². The summed E-state index contributed by atoms with van der Waals surface area (Å²) in [6, 6.07) is 23.3. The van der Waals surface area contributed by atoms with Gasteiger partial charge in [-0.15, -0.1) is 0 Å². The van der Waals surface area contributed by atoms with Crippen molar-refractivity contribution in [1.82, 2.24) is 19.4 Å². The Hall–Kier alpha value is -4.77. The van der Waals surface area contributed by atoms with Gasteiger partial charge in [-0.3, -0.25) is 18.7 Å². The van der Waals surface area contributed by atoms with E-state index in [0.717, 1.165) is 54.6 Å². The van der Waals surface area contributed by atoms with E-state index in [1.54, 1.807) is 24.3 Å². The molecule has 0 bridgehead atoms. The molecule has 4 aromatic carbocycles. The van der Waals surface area contributed by atoms with Crippen LogP contribution in [0.25, 0.3) is 11.0 Å². The second-order valence-corrected chi connectivity index (χ2v) is 16.3. The van der Waals surface area contributed by atoms with E-state index in [1.165, 1.54) is 33.5 Å². The Morgan fingerprint density at radius 1 is 0.881 bits per heavy atom. The first-order valence-electron chi connectivity index (χ1n) is 18.8. The highest BCUT2D eigenvalue weighted by Gasteiger charge is 2.42. The number of Topliss-reactive ketones (excluding diaryl/α,β-unsaturated/α-hetero) is 1. The standard InChI is InChI=1S/C42H43Cl2FN4O5.H2O4S/c1-52-36-22-29(23-37(53-2)39(36)54-3)41(51)48-21-17-42(26-48,30-10-13-32(43)33(44)24-30)16-20-47-18-14-28(15-19-47)38(50)40-46-34-6-4-5-7-35(34)49(40)25-27-8-11-31(45)12-9-27;1-5(2,3)4/h4-13,22-24,28H,14-21,25-26H2,1-3H3;(H2,1,2,3,4). The van der Waals surface area contributed by atoms with Crippen LogP contribution >= 0.6 is 23.2 Å². The van der Waals surface area contributed by atoms with Crippen molar-refractivity contribution in [3.8, 4) is 17.2 Å². The molecular weight excluding hydrogens is 826 g/mol. The monoisotopic (exact) mass is 870 g/mol. The predicted octanol–water partition coefficient (Wildman–Crippen LogP) is 7.67. The van der Waals surface area contributed by atoms with Gasteiger partial charge in [-0.1, -0.05) is 53.5 Å². The minimum absolute atomic E-state index is 0.0389. The van der Waals surface area contributed by atoms with Crippen LogP contribution in [0.5, 0.6) is 17.2 Å². The van der Waals surface area contributed by atoms with Crippen molar-refractivity contribution in [3.05, 3.63) is 117 Å². The number of amides is 1. The molecular formula is C42H45Cl2FN4O9S. The van der Waals surface area contributed by atoms with Crippen LogP contribution < -0.4 is 14.2 Å². The van der Waals surface area contributed by atoms with Crippen molar-refractivity contribution in [2.45, 2.75) is 37.6 Å². The molecule has 2 fully saturated rings. The van der Waals surface area contributed by atoms with Gasteiger partial charge in [-0.05, 0) is 105 Å². The van der Waals surface area contributed by atoms with Crippen LogP contribution in [0.4, 0.5) is 4.39 Å². The molecule has 13 nitrogen and oxygen atoms in total. The summed E-state index contributed by atoms with van der Waals surface area (Å²) in [5.74, 6) is 1.17. The highest BCUT2D eigenvalue weighted by atomic mass is 35.5. The van der Waals surface area contributed by atoms with Crippen LogP contribution in [0.1, 0.15) is 57.8 Å². The highest BCUT2D eigenvalue weighted by molar-refractivity contribution is 7.79. The Bertz CT molecular complexity index is 2390. The highest BCUT2D eigenvalue weighted by Crippen LogP contribution is 2.43. The molecule has 0 radical (unpaired) electrons. The van der Waals surface area contributed by atoms with Crippen LogP contribution in [0.3, 0.4) is 0 Å². The lowest BCUT2D eigenvalue weighted by atomic mass is 9.76. The molecule has 0 saturated carbocycles. The Morgan fingerprint density at radius 3 is 2.14 bits per heavy atom. The van der Waals surface area contributed by atoms with E-state index in [0.29, 0.717) is 71.2 Å². The van der Waals surface area contributed by atoms with Gasteiger partial charge in [0.05, 0.1) is 42.4 Å². The van der Waals surface area contributed by atoms with Crippen LogP contribution in [0.2, 0.25) is 10.0 Å². The number of nitrogens with zero attached hydrogens (tertiary/aromatic N) is 4. The largest absolute Gasteiger partial charge is 0.493 e. The number of methoxy groups -OCH3 is 3. The van der Waals surface area contributed by atoms with Gasteiger partial charge >= 0.3 is 10.4 Å². The number of para-hydroxylation sites is 2. The second-order valence-electron chi connectivity index (χ2n) is 14.6. The van der Waals surface area contributed by atoms with Crippen molar-refractivity contribution >= 4 is 56.3 Å². The third-order valence-corrected chi connectivity index (χ3v) is 11.8. The van der Waals surface area contributed by atoms with E-state index >= 15 is 0 Å². The zero-order valence-electron chi connectivity index (χ0n) is 32.7. The van der Waals surface area contributed by atoms with Crippen molar-refractivity contribution in [3.63, 3.8) is 0 Å². The maximum Gasteiger partial charge on any atom is 0.394 e. The quantitative estimate of drug-likeness (QED) is 0.0936. The number of halogens is 3. The molecule has 2 aliphatic rings. The number of rotatable bonds is 12. The second kappa shape index (κ2) is 18.7. The molecule has 1 atom stereocenters. The van der Waals surface area contributed by atoms with Crippen molar-refractivity contribution in [2.24, 2.45) is 5.92 Å². The van der Waals surface area contributed by atoms with Crippen LogP contribution in [-0.4, -0.2) is 103 Å². The number of carbonyl (C=O) groups excluding carboxylic acids is 2. The fraction of sp³-hybridized carbons (Fsp3) is 0.357. The molecule has 1 amide bonds. The normalized spacial score (nSPS) is 17.4. The topological polar surface area (TPSA) is 161 Å². The molecule has 2 N–H and O–H groups in total. The van der Waals surface area contributed by atoms with Gasteiger partial charge in [0.2, 0.25) is 11.5 Å². The van der Waals surface area contributed by atoms with E-state index in [4.69, 9.17) is 59.9 Å². The lowest BCUT2D eigenvalue weighted by Gasteiger charge is -2.36. The van der Waals surface area contributed by atoms with Crippen molar-refractivity contribution in [1.29, 1.82) is 0 Å². The summed E-state index contributed by atoms with van der Waals surface area (Å²) in [7, 11) is -0.0756. The number of ketones is 1. The van der Waals surface area contributed by atoms with E-state index in [1.807, 2.05) is 51.9 Å². The number of aromatic nitrogens is 2. The maximum atomic E-state index is 14.1. The van der Waals surface area contributed by atoms with Gasteiger partial charge in [-0.25, -0.2) is 9.37 Å². The number of ether oxygens (including phenoxy) is 3. The summed E-state index contributed by atoms with van der Waals surface area (Å²) >= 11 is 12.9. The maximum absolute atomic E-state index is 14.1. The summed E-state index contributed by atoms with van der Waals surface area (Å²) in [5, 5.41) is 0.963. The SMILES string of the molecule is COc1cc(C(=O)N2CCC(CCN3CCC(C(=O)c4nc5ccccc5n4Cc4ccc(F)cc4)CC3)(c3ccc(Cl)c(Cl)c3)C2)cc(OC)c1OC.O=S(=O)(O)O. The molecule has 0 spiro atoms. The van der Waals surface area contributed by atoms with Gasteiger partial charge in [0.25, 0.3) is 5.91 Å². The number of piperidine rings is 1. The first-order chi connectivity index (χ1) is 28.1. The molecule has 2 saturated heterocycles. The Morgan fingerprint density at radius 2 is 1.53 bits per heavy atom. The lowest BCUT2D eigenvalue weighted by Crippen LogP contribution is -2.41. The van der Waals surface area contributed by atoms with Crippen LogP contribution in [0, 0.1) is 11.7 Å². The molecule has 7 rings (SSSR count). The fourth-order valence-corrected chi connectivity index (χ4v) is 8.31. The molecule has 59 heavy (non-hydrogen) atoms. The van der Waals surface area contributed by atoms with E-state index in [9.17, 15) is 14.0 Å². The van der Waals surface area contributed by atoms with E-state index in [2.05, 4.69) is 4.90 Å². The average molecular weight is 872 g/mol. The van der Waals surface area contributed by atoms with E-state index in [-0.39, 0.29) is 28.8 Å². The number of hydrogen-bond donors (Lipinski definition) is 2. The summed E-state index contributed by atoms with van der Waals surface area (Å²) in [5.41, 5.74) is 3.68. The Balaban J connectivity index is 0.00000110. The fourth-order valence-electron chi connectivity index (χ4n) is 8.01.